The van der Waals surface area contributed by atoms with E-state index >= 15 is 0 Å². The van der Waals surface area contributed by atoms with E-state index < -0.39 is 0 Å². The molecule has 2 aromatic rings. The summed E-state index contributed by atoms with van der Waals surface area (Å²) >= 11 is 0. The zero-order valence-electron chi connectivity index (χ0n) is 8.69. The first kappa shape index (κ1) is 12.7. The Labute approximate surface area is 101 Å². The third-order valence-electron chi connectivity index (χ3n) is 2.37. The Bertz CT molecular complexity index is 457. The topological polar surface area (TPSA) is 26.0 Å². The average molecular weight is 238 g/mol. The minimum atomic E-state index is -0.239. The van der Waals surface area contributed by atoms with Crippen molar-refractivity contribution in [2.45, 2.75) is 6.54 Å². The van der Waals surface area contributed by atoms with E-state index in [0.29, 0.717) is 5.56 Å². The molecule has 2 N–H and O–H groups in total. The highest BCUT2D eigenvalue weighted by molar-refractivity contribution is 5.85. The molecule has 0 aliphatic heterocycles. The van der Waals surface area contributed by atoms with Crippen LogP contribution in [0.15, 0.2) is 48.5 Å². The molecule has 0 saturated carbocycles. The molecular weight excluding hydrogens is 225 g/mol. The van der Waals surface area contributed by atoms with Crippen molar-refractivity contribution in [3.05, 3.63) is 59.9 Å². The zero-order valence-corrected chi connectivity index (χ0v) is 9.51. The molecule has 16 heavy (non-hydrogen) atoms. The summed E-state index contributed by atoms with van der Waals surface area (Å²) < 4.78 is 13.2. The molecule has 0 heterocycles. The van der Waals surface area contributed by atoms with Gasteiger partial charge in [0.25, 0.3) is 0 Å². The van der Waals surface area contributed by atoms with Crippen LogP contribution in [0.3, 0.4) is 0 Å². The highest BCUT2D eigenvalue weighted by Crippen LogP contribution is 2.21. The smallest absolute Gasteiger partial charge is 0.127 e. The normalized spacial score (nSPS) is 9.62. The highest BCUT2D eigenvalue weighted by atomic mass is 35.5. The van der Waals surface area contributed by atoms with Gasteiger partial charge >= 0.3 is 0 Å². The van der Waals surface area contributed by atoms with Crippen molar-refractivity contribution in [2.24, 2.45) is 5.73 Å². The van der Waals surface area contributed by atoms with E-state index in [9.17, 15) is 4.39 Å². The van der Waals surface area contributed by atoms with E-state index in [1.165, 1.54) is 6.07 Å². The number of hydrogen-bond acceptors (Lipinski definition) is 1. The summed E-state index contributed by atoms with van der Waals surface area (Å²) in [5, 5.41) is 0. The lowest BCUT2D eigenvalue weighted by Crippen LogP contribution is -1.99. The van der Waals surface area contributed by atoms with E-state index in [-0.39, 0.29) is 24.8 Å². The molecule has 0 atom stereocenters. The SMILES string of the molecule is Cl.NCc1cc(-c2ccccc2)ccc1F. The van der Waals surface area contributed by atoms with Crippen molar-refractivity contribution in [1.29, 1.82) is 0 Å². The first-order valence-corrected chi connectivity index (χ1v) is 4.85. The molecule has 0 fully saturated rings. The largest absolute Gasteiger partial charge is 0.326 e. The Morgan fingerprint density at radius 1 is 0.938 bits per heavy atom. The quantitative estimate of drug-likeness (QED) is 0.852. The maximum Gasteiger partial charge on any atom is 0.127 e. The predicted octanol–water partition coefficient (Wildman–Crippen LogP) is 3.37. The maximum absolute atomic E-state index is 13.2. The van der Waals surface area contributed by atoms with Gasteiger partial charge in [0.05, 0.1) is 0 Å². The summed E-state index contributed by atoms with van der Waals surface area (Å²) in [4.78, 5) is 0. The third-order valence-corrected chi connectivity index (χ3v) is 2.37. The van der Waals surface area contributed by atoms with Gasteiger partial charge in [0.15, 0.2) is 0 Å². The zero-order chi connectivity index (χ0) is 10.7. The molecule has 1 nitrogen and oxygen atoms in total. The summed E-state index contributed by atoms with van der Waals surface area (Å²) in [6.07, 6.45) is 0. The summed E-state index contributed by atoms with van der Waals surface area (Å²) in [7, 11) is 0. The van der Waals surface area contributed by atoms with Crippen LogP contribution in [-0.2, 0) is 6.54 Å². The van der Waals surface area contributed by atoms with Crippen molar-refractivity contribution in [3.63, 3.8) is 0 Å². The number of benzene rings is 2. The molecule has 2 aromatic carbocycles. The molecule has 3 heteroatoms. The van der Waals surface area contributed by atoms with E-state index in [1.807, 2.05) is 30.3 Å². The van der Waals surface area contributed by atoms with Gasteiger partial charge in [-0.15, -0.1) is 12.4 Å². The predicted molar refractivity (Wildman–Crippen MR) is 67.0 cm³/mol. The molecular formula is C13H13ClFN. The molecule has 84 valence electrons. The van der Waals surface area contributed by atoms with Crippen LogP contribution in [0.4, 0.5) is 4.39 Å². The van der Waals surface area contributed by atoms with Gasteiger partial charge in [-0.1, -0.05) is 36.4 Å². The second-order valence-corrected chi connectivity index (χ2v) is 3.38. The molecule has 0 amide bonds. The maximum atomic E-state index is 13.2. The van der Waals surface area contributed by atoms with Crippen molar-refractivity contribution >= 4 is 12.4 Å². The highest BCUT2D eigenvalue weighted by Gasteiger charge is 2.02. The molecule has 0 aromatic heterocycles. The molecule has 0 aliphatic rings. The van der Waals surface area contributed by atoms with E-state index in [2.05, 4.69) is 0 Å². The Kier molecular flexibility index (Phi) is 4.47. The lowest BCUT2D eigenvalue weighted by atomic mass is 10.0. The second kappa shape index (κ2) is 5.64. The van der Waals surface area contributed by atoms with Gasteiger partial charge in [0.2, 0.25) is 0 Å². The summed E-state index contributed by atoms with van der Waals surface area (Å²) in [5.41, 5.74) is 8.08. The van der Waals surface area contributed by atoms with Crippen LogP contribution >= 0.6 is 12.4 Å². The molecule has 0 saturated heterocycles. The van der Waals surface area contributed by atoms with Gasteiger partial charge in [-0.05, 0) is 23.3 Å². The van der Waals surface area contributed by atoms with Gasteiger partial charge in [-0.25, -0.2) is 4.39 Å². The van der Waals surface area contributed by atoms with Crippen LogP contribution in [0.1, 0.15) is 5.56 Å². The van der Waals surface area contributed by atoms with Crippen molar-refractivity contribution in [3.8, 4) is 11.1 Å². The van der Waals surface area contributed by atoms with Crippen LogP contribution in [-0.4, -0.2) is 0 Å². The minimum absolute atomic E-state index is 0. The molecule has 2 rings (SSSR count). The number of halogens is 2. The Hall–Kier alpha value is -1.38. The monoisotopic (exact) mass is 237 g/mol. The van der Waals surface area contributed by atoms with Gasteiger partial charge in [-0.2, -0.15) is 0 Å². The fourth-order valence-corrected chi connectivity index (χ4v) is 1.54. The van der Waals surface area contributed by atoms with Crippen LogP contribution in [0.5, 0.6) is 0 Å². The fourth-order valence-electron chi connectivity index (χ4n) is 1.54. The van der Waals surface area contributed by atoms with E-state index in [4.69, 9.17) is 5.73 Å². The molecule has 0 unspecified atom stereocenters. The molecule has 0 aliphatic carbocycles. The summed E-state index contributed by atoms with van der Waals surface area (Å²) in [6.45, 7) is 0.229. The molecule has 0 radical (unpaired) electrons. The van der Waals surface area contributed by atoms with E-state index in [0.717, 1.165) is 11.1 Å². The van der Waals surface area contributed by atoms with Crippen molar-refractivity contribution in [1.82, 2.24) is 0 Å². The lowest BCUT2D eigenvalue weighted by molar-refractivity contribution is 0.611. The Balaban J connectivity index is 0.00000128. The minimum Gasteiger partial charge on any atom is -0.326 e. The first-order valence-electron chi connectivity index (χ1n) is 4.85. The standard InChI is InChI=1S/C13H12FN.ClH/c14-13-7-6-11(8-12(13)9-15)10-4-2-1-3-5-10;/h1-8H,9,15H2;1H. The van der Waals surface area contributed by atoms with Crippen molar-refractivity contribution < 1.29 is 4.39 Å². The van der Waals surface area contributed by atoms with Gasteiger partial charge in [0.1, 0.15) is 5.82 Å². The lowest BCUT2D eigenvalue weighted by Gasteiger charge is -2.04. The van der Waals surface area contributed by atoms with E-state index in [1.54, 1.807) is 12.1 Å². The van der Waals surface area contributed by atoms with Crippen molar-refractivity contribution in [2.75, 3.05) is 0 Å². The number of nitrogens with two attached hydrogens (primary N) is 1. The van der Waals surface area contributed by atoms with Crippen LogP contribution < -0.4 is 5.73 Å². The Morgan fingerprint density at radius 2 is 1.62 bits per heavy atom. The number of rotatable bonds is 2. The summed E-state index contributed by atoms with van der Waals surface area (Å²) in [6, 6.07) is 14.9. The van der Waals surface area contributed by atoms with Crippen LogP contribution in [0.25, 0.3) is 11.1 Å². The molecule has 0 spiro atoms. The van der Waals surface area contributed by atoms with Gasteiger partial charge in [0, 0.05) is 12.1 Å². The number of hydrogen-bond donors (Lipinski definition) is 1. The Morgan fingerprint density at radius 3 is 2.25 bits per heavy atom. The molecule has 0 bridgehead atoms. The summed E-state index contributed by atoms with van der Waals surface area (Å²) in [5.74, 6) is -0.239. The fraction of sp³-hybridized carbons (Fsp3) is 0.0769. The van der Waals surface area contributed by atoms with Crippen LogP contribution in [0.2, 0.25) is 0 Å². The first-order chi connectivity index (χ1) is 7.31. The van der Waals surface area contributed by atoms with Crippen LogP contribution in [0, 0.1) is 5.82 Å². The van der Waals surface area contributed by atoms with Gasteiger partial charge in [-0.3, -0.25) is 0 Å². The van der Waals surface area contributed by atoms with Gasteiger partial charge < -0.3 is 5.73 Å². The average Bonchev–Trinajstić information content (AvgIpc) is 2.31. The third kappa shape index (κ3) is 2.60. The second-order valence-electron chi connectivity index (χ2n) is 3.38.